The molecule has 3 N–H and O–H groups in total. The summed E-state index contributed by atoms with van der Waals surface area (Å²) in [6, 6.07) is 5.17. The van der Waals surface area contributed by atoms with E-state index in [-0.39, 0.29) is 11.2 Å². The molecule has 0 aliphatic heterocycles. The zero-order valence-corrected chi connectivity index (χ0v) is 10.9. The van der Waals surface area contributed by atoms with Gasteiger partial charge in [-0.1, -0.05) is 6.07 Å². The molecule has 92 valence electrons. The van der Waals surface area contributed by atoms with Crippen molar-refractivity contribution in [1.82, 2.24) is 5.32 Å². The number of benzene rings is 1. The molecule has 0 spiro atoms. The first-order valence-electron chi connectivity index (χ1n) is 5.24. The quantitative estimate of drug-likeness (QED) is 0.808. The van der Waals surface area contributed by atoms with Crippen molar-refractivity contribution in [3.05, 3.63) is 29.3 Å². The number of rotatable bonds is 3. The van der Waals surface area contributed by atoms with E-state index in [4.69, 9.17) is 5.73 Å². The van der Waals surface area contributed by atoms with E-state index in [0.717, 1.165) is 4.90 Å². The van der Waals surface area contributed by atoms with Crippen LogP contribution in [0.25, 0.3) is 0 Å². The number of amides is 3. The maximum atomic E-state index is 11.5. The molecule has 0 bridgehead atoms. The minimum atomic E-state index is -0.817. The van der Waals surface area contributed by atoms with Gasteiger partial charge in [-0.25, -0.2) is 4.79 Å². The highest BCUT2D eigenvalue weighted by atomic mass is 32.2. The van der Waals surface area contributed by atoms with Crippen molar-refractivity contribution in [1.29, 1.82) is 0 Å². The van der Waals surface area contributed by atoms with Crippen molar-refractivity contribution in [2.24, 2.45) is 5.73 Å². The zero-order chi connectivity index (χ0) is 13.0. The average molecular weight is 252 g/mol. The summed E-state index contributed by atoms with van der Waals surface area (Å²) in [5, 5.41) is 1.71. The fourth-order valence-electron chi connectivity index (χ4n) is 1.27. The number of carbonyl (C=O) groups is 2. The summed E-state index contributed by atoms with van der Waals surface area (Å²) in [6.45, 7) is 5.79. The van der Waals surface area contributed by atoms with Gasteiger partial charge in [-0.3, -0.25) is 10.1 Å². The van der Waals surface area contributed by atoms with Crippen molar-refractivity contribution in [3.8, 4) is 0 Å². The number of hydrogen-bond donors (Lipinski definition) is 2. The summed E-state index contributed by atoms with van der Waals surface area (Å²) in [4.78, 5) is 23.0. The van der Waals surface area contributed by atoms with Crippen LogP contribution in [-0.4, -0.2) is 17.2 Å². The number of aryl methyl sites for hydroxylation is 2. The van der Waals surface area contributed by atoms with Gasteiger partial charge in [0, 0.05) is 4.90 Å². The fourth-order valence-corrected chi connectivity index (χ4v) is 2.23. The van der Waals surface area contributed by atoms with E-state index in [0.29, 0.717) is 0 Å². The number of urea groups is 1. The Morgan fingerprint density at radius 1 is 1.29 bits per heavy atom. The third kappa shape index (κ3) is 4.11. The molecule has 5 heteroatoms. The Morgan fingerprint density at radius 3 is 2.47 bits per heavy atom. The van der Waals surface area contributed by atoms with Crippen LogP contribution in [0.1, 0.15) is 18.1 Å². The average Bonchev–Trinajstić information content (AvgIpc) is 2.22. The van der Waals surface area contributed by atoms with Gasteiger partial charge in [0.25, 0.3) is 0 Å². The molecule has 0 saturated carbocycles. The summed E-state index contributed by atoms with van der Waals surface area (Å²) in [5.74, 6) is -0.374. The monoisotopic (exact) mass is 252 g/mol. The van der Waals surface area contributed by atoms with Crippen molar-refractivity contribution in [3.63, 3.8) is 0 Å². The van der Waals surface area contributed by atoms with Gasteiger partial charge in [0.2, 0.25) is 5.91 Å². The van der Waals surface area contributed by atoms with Crippen molar-refractivity contribution in [2.45, 2.75) is 30.9 Å². The Bertz CT molecular complexity index is 446. The lowest BCUT2D eigenvalue weighted by molar-refractivity contribution is -0.119. The van der Waals surface area contributed by atoms with Crippen LogP contribution in [0.2, 0.25) is 0 Å². The molecule has 0 radical (unpaired) electrons. The molecule has 1 aromatic carbocycles. The second-order valence-corrected chi connectivity index (χ2v) is 5.27. The van der Waals surface area contributed by atoms with Crippen LogP contribution in [0.4, 0.5) is 4.79 Å². The van der Waals surface area contributed by atoms with Gasteiger partial charge in [-0.2, -0.15) is 0 Å². The Balaban J connectivity index is 2.67. The molecule has 17 heavy (non-hydrogen) atoms. The Labute approximate surface area is 105 Å². The van der Waals surface area contributed by atoms with Gasteiger partial charge >= 0.3 is 6.03 Å². The summed E-state index contributed by atoms with van der Waals surface area (Å²) in [6.07, 6.45) is 0. The predicted octanol–water partition coefficient (Wildman–Crippen LogP) is 1.98. The predicted molar refractivity (Wildman–Crippen MR) is 69.0 cm³/mol. The molecule has 1 unspecified atom stereocenters. The molecule has 0 saturated heterocycles. The number of nitrogens with one attached hydrogen (secondary N) is 1. The highest BCUT2D eigenvalue weighted by Gasteiger charge is 2.15. The zero-order valence-electron chi connectivity index (χ0n) is 10.1. The van der Waals surface area contributed by atoms with Crippen LogP contribution in [0.3, 0.4) is 0 Å². The van der Waals surface area contributed by atoms with Crippen LogP contribution in [-0.2, 0) is 4.79 Å². The largest absolute Gasteiger partial charge is 0.351 e. The molecule has 4 nitrogen and oxygen atoms in total. The first-order chi connectivity index (χ1) is 7.90. The van der Waals surface area contributed by atoms with E-state index in [9.17, 15) is 9.59 Å². The highest BCUT2D eigenvalue weighted by Crippen LogP contribution is 2.25. The molecule has 0 fully saturated rings. The number of hydrogen-bond acceptors (Lipinski definition) is 3. The standard InChI is InChI=1S/C12H16N2O2S/c1-7-4-5-10(6-8(7)2)17-9(3)11(15)14-12(13)16/h4-6,9H,1-3H3,(H3,13,14,15,16). The van der Waals surface area contributed by atoms with Crippen LogP contribution >= 0.6 is 11.8 Å². The van der Waals surface area contributed by atoms with Crippen LogP contribution < -0.4 is 11.1 Å². The Kier molecular flexibility index (Phi) is 4.57. The van der Waals surface area contributed by atoms with Crippen LogP contribution in [0, 0.1) is 13.8 Å². The number of imide groups is 1. The van der Waals surface area contributed by atoms with Gasteiger partial charge in [-0.15, -0.1) is 11.8 Å². The summed E-state index contributed by atoms with van der Waals surface area (Å²) < 4.78 is 0. The van der Waals surface area contributed by atoms with Crippen molar-refractivity contribution in [2.75, 3.05) is 0 Å². The number of thioether (sulfide) groups is 1. The minimum absolute atomic E-state index is 0.357. The summed E-state index contributed by atoms with van der Waals surface area (Å²) in [5.41, 5.74) is 7.28. The SMILES string of the molecule is Cc1ccc(SC(C)C(=O)NC(N)=O)cc1C. The van der Waals surface area contributed by atoms with E-state index < -0.39 is 6.03 Å². The summed E-state index contributed by atoms with van der Waals surface area (Å²) >= 11 is 1.40. The number of primary amides is 1. The van der Waals surface area contributed by atoms with Crippen molar-refractivity contribution < 1.29 is 9.59 Å². The van der Waals surface area contributed by atoms with Gasteiger partial charge in [0.05, 0.1) is 5.25 Å². The lowest BCUT2D eigenvalue weighted by Gasteiger charge is -2.11. The Morgan fingerprint density at radius 2 is 1.94 bits per heavy atom. The third-order valence-corrected chi connectivity index (χ3v) is 3.50. The van der Waals surface area contributed by atoms with Gasteiger partial charge in [-0.05, 0) is 44.0 Å². The van der Waals surface area contributed by atoms with Crippen molar-refractivity contribution >= 4 is 23.7 Å². The first kappa shape index (κ1) is 13.6. The Hall–Kier alpha value is -1.49. The van der Waals surface area contributed by atoms with Gasteiger partial charge in [0.1, 0.15) is 0 Å². The molecule has 1 atom stereocenters. The van der Waals surface area contributed by atoms with Crippen LogP contribution in [0.15, 0.2) is 23.1 Å². The second kappa shape index (κ2) is 5.72. The molecule has 1 aromatic rings. The van der Waals surface area contributed by atoms with E-state index in [1.165, 1.54) is 22.9 Å². The maximum absolute atomic E-state index is 11.5. The maximum Gasteiger partial charge on any atom is 0.318 e. The molecule has 1 rings (SSSR count). The molecule has 0 aliphatic rings. The lowest BCUT2D eigenvalue weighted by Crippen LogP contribution is -2.39. The van der Waals surface area contributed by atoms with E-state index >= 15 is 0 Å². The third-order valence-electron chi connectivity index (χ3n) is 2.41. The fraction of sp³-hybridized carbons (Fsp3) is 0.333. The topological polar surface area (TPSA) is 72.2 Å². The molecule has 0 aliphatic carbocycles. The molecular weight excluding hydrogens is 236 g/mol. The minimum Gasteiger partial charge on any atom is -0.351 e. The highest BCUT2D eigenvalue weighted by molar-refractivity contribution is 8.00. The number of carbonyl (C=O) groups excluding carboxylic acids is 2. The van der Waals surface area contributed by atoms with Crippen LogP contribution in [0.5, 0.6) is 0 Å². The smallest absolute Gasteiger partial charge is 0.318 e. The van der Waals surface area contributed by atoms with Gasteiger partial charge in [0.15, 0.2) is 0 Å². The second-order valence-electron chi connectivity index (χ2n) is 3.86. The molecule has 0 heterocycles. The number of nitrogens with two attached hydrogens (primary N) is 1. The summed E-state index contributed by atoms with van der Waals surface area (Å²) in [7, 11) is 0. The lowest BCUT2D eigenvalue weighted by atomic mass is 10.1. The van der Waals surface area contributed by atoms with Gasteiger partial charge < -0.3 is 5.73 Å². The first-order valence-corrected chi connectivity index (χ1v) is 6.12. The van der Waals surface area contributed by atoms with E-state index in [1.807, 2.05) is 32.0 Å². The van der Waals surface area contributed by atoms with E-state index in [1.54, 1.807) is 6.92 Å². The molecule has 3 amide bonds. The normalized spacial score (nSPS) is 11.9. The molecular formula is C12H16N2O2S. The molecule has 0 aromatic heterocycles. The van der Waals surface area contributed by atoms with E-state index in [2.05, 4.69) is 5.32 Å².